The molecule has 4 rings (SSSR count). The number of hydrogen-bond donors (Lipinski definition) is 1. The monoisotopic (exact) mass is 419 g/mol. The van der Waals surface area contributed by atoms with Gasteiger partial charge in [-0.25, -0.2) is 0 Å². The molecule has 0 spiro atoms. The summed E-state index contributed by atoms with van der Waals surface area (Å²) in [4.78, 5) is 4.48. The predicted octanol–water partition coefficient (Wildman–Crippen LogP) is 5.23. The molecule has 0 saturated carbocycles. The van der Waals surface area contributed by atoms with Gasteiger partial charge in [0.15, 0.2) is 5.58 Å². The molecule has 0 saturated heterocycles. The maximum Gasteiger partial charge on any atom is 0.167 e. The highest BCUT2D eigenvalue weighted by Gasteiger charge is 2.31. The minimum absolute atomic E-state index is 0.202. The number of para-hydroxylation sites is 1. The largest absolute Gasteiger partial charge is 0.598 e. The minimum Gasteiger partial charge on any atom is -0.598 e. The van der Waals surface area contributed by atoms with Crippen LogP contribution in [0.4, 0.5) is 0 Å². The summed E-state index contributed by atoms with van der Waals surface area (Å²) in [5.74, 6) is 0. The zero-order valence-electron chi connectivity index (χ0n) is 17.3. The number of pyridine rings is 1. The molecular formula is C24H25N3O2S. The van der Waals surface area contributed by atoms with Gasteiger partial charge in [0, 0.05) is 40.6 Å². The molecule has 2 aromatic heterocycles. The first kappa shape index (κ1) is 20.6. The van der Waals surface area contributed by atoms with E-state index in [2.05, 4.69) is 20.9 Å². The molecule has 5 nitrogen and oxygen atoms in total. The Morgan fingerprint density at radius 1 is 1.00 bits per heavy atom. The number of rotatable bonds is 6. The average molecular weight is 420 g/mol. The Morgan fingerprint density at radius 2 is 1.73 bits per heavy atom. The lowest BCUT2D eigenvalue weighted by atomic mass is 9.94. The Bertz CT molecular complexity index is 1120. The van der Waals surface area contributed by atoms with E-state index in [1.807, 2.05) is 81.4 Å². The molecule has 0 fully saturated rings. The van der Waals surface area contributed by atoms with Gasteiger partial charge >= 0.3 is 0 Å². The highest BCUT2D eigenvalue weighted by Crippen LogP contribution is 2.34. The SMILES string of the molecule is CC(C)(C)[S+]([O-])N[C@@H](Cc1ccccn1)c1ccccc1-c1noc2ccccc12. The normalized spacial score (nSPS) is 14.0. The molecule has 30 heavy (non-hydrogen) atoms. The fraction of sp³-hybridized carbons (Fsp3) is 0.250. The second-order valence-electron chi connectivity index (χ2n) is 8.19. The zero-order valence-corrected chi connectivity index (χ0v) is 18.1. The van der Waals surface area contributed by atoms with Gasteiger partial charge in [-0.3, -0.25) is 4.98 Å². The molecule has 0 amide bonds. The molecule has 2 aromatic carbocycles. The lowest BCUT2D eigenvalue weighted by molar-refractivity contribution is 0.459. The fourth-order valence-corrected chi connectivity index (χ4v) is 4.17. The maximum absolute atomic E-state index is 13.0. The van der Waals surface area contributed by atoms with Gasteiger partial charge < -0.3 is 9.08 Å². The van der Waals surface area contributed by atoms with Crippen molar-refractivity contribution in [3.8, 4) is 11.3 Å². The molecular weight excluding hydrogens is 394 g/mol. The molecule has 0 bridgehead atoms. The number of aromatic nitrogens is 2. The van der Waals surface area contributed by atoms with Crippen molar-refractivity contribution >= 4 is 22.3 Å². The van der Waals surface area contributed by atoms with E-state index >= 15 is 0 Å². The van der Waals surface area contributed by atoms with E-state index in [1.54, 1.807) is 6.20 Å². The first-order valence-electron chi connectivity index (χ1n) is 9.95. The number of fused-ring (bicyclic) bond motifs is 1. The van der Waals surface area contributed by atoms with E-state index in [0.29, 0.717) is 6.42 Å². The summed E-state index contributed by atoms with van der Waals surface area (Å²) in [7, 11) is 0. The van der Waals surface area contributed by atoms with Crippen molar-refractivity contribution < 1.29 is 9.08 Å². The van der Waals surface area contributed by atoms with Crippen LogP contribution in [0.5, 0.6) is 0 Å². The second kappa shape index (κ2) is 8.60. The quantitative estimate of drug-likeness (QED) is 0.434. The third-order valence-corrected chi connectivity index (χ3v) is 6.52. The van der Waals surface area contributed by atoms with Crippen LogP contribution in [0.3, 0.4) is 0 Å². The van der Waals surface area contributed by atoms with Gasteiger partial charge in [-0.1, -0.05) is 47.6 Å². The van der Waals surface area contributed by atoms with Crippen molar-refractivity contribution in [3.05, 3.63) is 84.2 Å². The molecule has 6 heteroatoms. The summed E-state index contributed by atoms with van der Waals surface area (Å²) in [5.41, 5.74) is 4.44. The molecule has 4 aromatic rings. The number of benzene rings is 2. The third-order valence-electron chi connectivity index (χ3n) is 4.91. The summed E-state index contributed by atoms with van der Waals surface area (Å²) in [6, 6.07) is 21.5. The van der Waals surface area contributed by atoms with Crippen LogP contribution in [0.2, 0.25) is 0 Å². The molecule has 2 heterocycles. The van der Waals surface area contributed by atoms with Gasteiger partial charge in [-0.05, 0) is 50.6 Å². The van der Waals surface area contributed by atoms with E-state index in [9.17, 15) is 4.55 Å². The smallest absolute Gasteiger partial charge is 0.167 e. The minimum atomic E-state index is -1.25. The number of nitrogens with zero attached hydrogens (tertiary/aromatic N) is 2. The predicted molar refractivity (Wildman–Crippen MR) is 121 cm³/mol. The van der Waals surface area contributed by atoms with Crippen LogP contribution in [0.1, 0.15) is 38.1 Å². The van der Waals surface area contributed by atoms with E-state index in [1.165, 1.54) is 0 Å². The first-order chi connectivity index (χ1) is 14.4. The van der Waals surface area contributed by atoms with Gasteiger partial charge in [0.25, 0.3) is 0 Å². The molecule has 1 unspecified atom stereocenters. The van der Waals surface area contributed by atoms with Crippen molar-refractivity contribution in [2.45, 2.75) is 38.0 Å². The van der Waals surface area contributed by atoms with Crippen molar-refractivity contribution in [2.75, 3.05) is 0 Å². The molecule has 0 aliphatic carbocycles. The van der Waals surface area contributed by atoms with Crippen molar-refractivity contribution in [3.63, 3.8) is 0 Å². The molecule has 0 aliphatic rings. The molecule has 0 aliphatic heterocycles. The van der Waals surface area contributed by atoms with Crippen LogP contribution in [0.15, 0.2) is 77.4 Å². The first-order valence-corrected chi connectivity index (χ1v) is 11.1. The van der Waals surface area contributed by atoms with Gasteiger partial charge in [-0.15, -0.1) is 4.72 Å². The molecule has 154 valence electrons. The van der Waals surface area contributed by atoms with Crippen LogP contribution in [-0.4, -0.2) is 19.4 Å². The van der Waals surface area contributed by atoms with Crippen molar-refractivity contribution in [2.24, 2.45) is 0 Å². The van der Waals surface area contributed by atoms with Gasteiger partial charge in [0.2, 0.25) is 0 Å². The third kappa shape index (κ3) is 4.41. The van der Waals surface area contributed by atoms with Crippen LogP contribution < -0.4 is 4.72 Å². The second-order valence-corrected chi connectivity index (χ2v) is 10.2. The maximum atomic E-state index is 13.0. The zero-order chi connectivity index (χ0) is 21.1. The molecule has 0 radical (unpaired) electrons. The van der Waals surface area contributed by atoms with E-state index in [4.69, 9.17) is 4.52 Å². The van der Waals surface area contributed by atoms with E-state index in [-0.39, 0.29) is 6.04 Å². The fourth-order valence-electron chi connectivity index (χ4n) is 3.35. The Kier molecular flexibility index (Phi) is 5.90. The Hall–Kier alpha value is -2.67. The number of hydrogen-bond acceptors (Lipinski definition) is 5. The van der Waals surface area contributed by atoms with E-state index in [0.717, 1.165) is 33.5 Å². The Morgan fingerprint density at radius 3 is 2.50 bits per heavy atom. The van der Waals surface area contributed by atoms with Crippen LogP contribution in [-0.2, 0) is 17.8 Å². The van der Waals surface area contributed by atoms with Gasteiger partial charge in [-0.2, -0.15) is 0 Å². The summed E-state index contributed by atoms with van der Waals surface area (Å²) >= 11 is -1.25. The van der Waals surface area contributed by atoms with E-state index < -0.39 is 16.1 Å². The molecule has 1 N–H and O–H groups in total. The van der Waals surface area contributed by atoms with Crippen molar-refractivity contribution in [1.29, 1.82) is 0 Å². The lowest BCUT2D eigenvalue weighted by Gasteiger charge is -2.29. The average Bonchev–Trinajstić information content (AvgIpc) is 3.17. The summed E-state index contributed by atoms with van der Waals surface area (Å²) in [5, 5.41) is 5.31. The van der Waals surface area contributed by atoms with Crippen LogP contribution >= 0.6 is 0 Å². The standard InChI is InChI=1S/C24H25N3O2S/c1-24(2,3)30(28)27-21(16-17-10-8-9-15-25-17)18-11-4-5-12-19(18)23-20-13-6-7-14-22(20)29-26-23/h4-15,21,27H,16H2,1-3H3/t21-,30?/m0/s1. The highest BCUT2D eigenvalue weighted by molar-refractivity contribution is 7.90. The van der Waals surface area contributed by atoms with Crippen LogP contribution in [0, 0.1) is 0 Å². The highest BCUT2D eigenvalue weighted by atomic mass is 32.2. The van der Waals surface area contributed by atoms with Crippen LogP contribution in [0.25, 0.3) is 22.2 Å². The summed E-state index contributed by atoms with van der Waals surface area (Å²) in [6.07, 6.45) is 2.39. The number of nitrogens with one attached hydrogen (secondary N) is 1. The van der Waals surface area contributed by atoms with Gasteiger partial charge in [0.05, 0.1) is 6.04 Å². The Balaban J connectivity index is 1.79. The Labute approximate surface area is 179 Å². The topological polar surface area (TPSA) is 74.0 Å². The summed E-state index contributed by atoms with van der Waals surface area (Å²) in [6.45, 7) is 5.89. The van der Waals surface area contributed by atoms with Gasteiger partial charge in [0.1, 0.15) is 10.4 Å². The lowest BCUT2D eigenvalue weighted by Crippen LogP contribution is -2.42. The summed E-state index contributed by atoms with van der Waals surface area (Å²) < 4.78 is 21.5. The van der Waals surface area contributed by atoms with Crippen molar-refractivity contribution in [1.82, 2.24) is 14.9 Å². The molecule has 2 atom stereocenters.